The fourth-order valence-corrected chi connectivity index (χ4v) is 2.71. The van der Waals surface area contributed by atoms with Crippen LogP contribution in [0.15, 0.2) is 12.4 Å². The van der Waals surface area contributed by atoms with Gasteiger partial charge < -0.3 is 5.32 Å². The molecule has 0 aromatic carbocycles. The van der Waals surface area contributed by atoms with Gasteiger partial charge in [0.1, 0.15) is 0 Å². The molecule has 1 N–H and O–H groups in total. The molecule has 2 fully saturated rings. The Hall–Kier alpha value is -1.00. The molecule has 98 valence electrons. The highest BCUT2D eigenvalue weighted by Gasteiger charge is 2.33. The Balaban J connectivity index is 1.61. The molecule has 3 rings (SSSR count). The zero-order valence-electron chi connectivity index (χ0n) is 11.1. The van der Waals surface area contributed by atoms with Crippen molar-refractivity contribution in [1.29, 1.82) is 0 Å². The molecule has 1 atom stereocenters. The maximum absolute atomic E-state index is 4.46. The van der Waals surface area contributed by atoms with Gasteiger partial charge in [-0.2, -0.15) is 0 Å². The number of hydrogen-bond donors (Lipinski definition) is 1. The van der Waals surface area contributed by atoms with Crippen molar-refractivity contribution in [1.82, 2.24) is 20.2 Å². The normalized spacial score (nSPS) is 25.9. The monoisotopic (exact) mass is 246 g/mol. The van der Waals surface area contributed by atoms with Crippen molar-refractivity contribution in [2.24, 2.45) is 5.92 Å². The SMILES string of the molecule is Cc1cnc(CN2CCCNC(C3CC3)C2)cn1. The van der Waals surface area contributed by atoms with Crippen LogP contribution in [0.4, 0.5) is 0 Å². The summed E-state index contributed by atoms with van der Waals surface area (Å²) in [4.78, 5) is 11.3. The molecule has 2 heterocycles. The largest absolute Gasteiger partial charge is 0.312 e. The third-order valence-electron chi connectivity index (χ3n) is 3.92. The summed E-state index contributed by atoms with van der Waals surface area (Å²) in [5, 5.41) is 3.69. The Labute approximate surface area is 109 Å². The Kier molecular flexibility index (Phi) is 3.57. The van der Waals surface area contributed by atoms with E-state index in [0.717, 1.165) is 30.4 Å². The van der Waals surface area contributed by atoms with Crippen molar-refractivity contribution in [3.63, 3.8) is 0 Å². The fraction of sp³-hybridized carbons (Fsp3) is 0.714. The third kappa shape index (κ3) is 3.06. The van der Waals surface area contributed by atoms with Crippen LogP contribution >= 0.6 is 0 Å². The van der Waals surface area contributed by atoms with Gasteiger partial charge in [-0.1, -0.05) is 0 Å². The lowest BCUT2D eigenvalue weighted by molar-refractivity contribution is 0.248. The number of nitrogens with one attached hydrogen (secondary N) is 1. The van der Waals surface area contributed by atoms with Crippen molar-refractivity contribution < 1.29 is 0 Å². The molecule has 0 radical (unpaired) electrons. The molecule has 1 aliphatic heterocycles. The lowest BCUT2D eigenvalue weighted by Gasteiger charge is -2.23. The number of hydrogen-bond acceptors (Lipinski definition) is 4. The van der Waals surface area contributed by atoms with Crippen molar-refractivity contribution in [2.75, 3.05) is 19.6 Å². The van der Waals surface area contributed by atoms with E-state index in [9.17, 15) is 0 Å². The van der Waals surface area contributed by atoms with Crippen LogP contribution in [0.2, 0.25) is 0 Å². The smallest absolute Gasteiger partial charge is 0.0727 e. The molecule has 1 aromatic rings. The molecule has 1 aliphatic carbocycles. The average Bonchev–Trinajstić information content (AvgIpc) is 3.18. The molecule has 0 bridgehead atoms. The van der Waals surface area contributed by atoms with Crippen LogP contribution in [-0.4, -0.2) is 40.5 Å². The number of aryl methyl sites for hydroxylation is 1. The van der Waals surface area contributed by atoms with E-state index in [1.165, 1.54) is 32.4 Å². The minimum absolute atomic E-state index is 0.700. The quantitative estimate of drug-likeness (QED) is 0.874. The van der Waals surface area contributed by atoms with E-state index in [1.54, 1.807) is 0 Å². The molecule has 4 heteroatoms. The molecular formula is C14H22N4. The zero-order valence-corrected chi connectivity index (χ0v) is 11.1. The molecular weight excluding hydrogens is 224 g/mol. The number of nitrogens with zero attached hydrogens (tertiary/aromatic N) is 3. The van der Waals surface area contributed by atoms with Gasteiger partial charge in [0.25, 0.3) is 0 Å². The molecule has 1 saturated carbocycles. The summed E-state index contributed by atoms with van der Waals surface area (Å²) in [6, 6.07) is 0.700. The van der Waals surface area contributed by atoms with Gasteiger partial charge in [-0.05, 0) is 45.2 Å². The van der Waals surface area contributed by atoms with Gasteiger partial charge in [0.2, 0.25) is 0 Å². The van der Waals surface area contributed by atoms with Gasteiger partial charge in [-0.25, -0.2) is 0 Å². The minimum atomic E-state index is 0.700. The average molecular weight is 246 g/mol. The fourth-order valence-electron chi connectivity index (χ4n) is 2.71. The molecule has 1 unspecified atom stereocenters. The summed E-state index contributed by atoms with van der Waals surface area (Å²) in [5.74, 6) is 0.926. The first kappa shape index (κ1) is 12.1. The van der Waals surface area contributed by atoms with Gasteiger partial charge in [0.15, 0.2) is 0 Å². The van der Waals surface area contributed by atoms with E-state index < -0.39 is 0 Å². The second-order valence-corrected chi connectivity index (χ2v) is 5.64. The van der Waals surface area contributed by atoms with E-state index in [0.29, 0.717) is 6.04 Å². The molecule has 0 spiro atoms. The van der Waals surface area contributed by atoms with Gasteiger partial charge in [-0.15, -0.1) is 0 Å². The lowest BCUT2D eigenvalue weighted by Crippen LogP contribution is -2.39. The Morgan fingerprint density at radius 2 is 2.22 bits per heavy atom. The predicted octanol–water partition coefficient (Wildman–Crippen LogP) is 1.36. The summed E-state index contributed by atoms with van der Waals surface area (Å²) >= 11 is 0. The first-order valence-electron chi connectivity index (χ1n) is 7.04. The van der Waals surface area contributed by atoms with Crippen LogP contribution in [0.25, 0.3) is 0 Å². The van der Waals surface area contributed by atoms with Crippen LogP contribution in [0, 0.1) is 12.8 Å². The second-order valence-electron chi connectivity index (χ2n) is 5.64. The molecule has 4 nitrogen and oxygen atoms in total. The van der Waals surface area contributed by atoms with Gasteiger partial charge >= 0.3 is 0 Å². The van der Waals surface area contributed by atoms with Crippen LogP contribution < -0.4 is 5.32 Å². The van der Waals surface area contributed by atoms with Crippen molar-refractivity contribution in [3.8, 4) is 0 Å². The summed E-state index contributed by atoms with van der Waals surface area (Å²) in [6.45, 7) is 6.43. The van der Waals surface area contributed by atoms with E-state index in [2.05, 4.69) is 20.2 Å². The molecule has 1 saturated heterocycles. The first-order chi connectivity index (χ1) is 8.81. The summed E-state index contributed by atoms with van der Waals surface area (Å²) in [6.07, 6.45) is 7.84. The Morgan fingerprint density at radius 3 is 2.94 bits per heavy atom. The predicted molar refractivity (Wildman–Crippen MR) is 71.2 cm³/mol. The van der Waals surface area contributed by atoms with E-state index >= 15 is 0 Å². The maximum Gasteiger partial charge on any atom is 0.0727 e. The zero-order chi connectivity index (χ0) is 12.4. The standard InChI is InChI=1S/C14H22N4/c1-11-7-17-13(8-16-11)9-18-6-2-5-15-14(10-18)12-3-4-12/h7-8,12,14-15H,2-6,9-10H2,1H3. The van der Waals surface area contributed by atoms with E-state index in [-0.39, 0.29) is 0 Å². The van der Waals surface area contributed by atoms with Crippen LogP contribution in [0.1, 0.15) is 30.7 Å². The van der Waals surface area contributed by atoms with Gasteiger partial charge in [0, 0.05) is 31.5 Å². The molecule has 2 aliphatic rings. The highest BCUT2D eigenvalue weighted by Crippen LogP contribution is 2.33. The van der Waals surface area contributed by atoms with Crippen LogP contribution in [0.3, 0.4) is 0 Å². The van der Waals surface area contributed by atoms with Crippen molar-refractivity contribution in [2.45, 2.75) is 38.8 Å². The van der Waals surface area contributed by atoms with Crippen LogP contribution in [0.5, 0.6) is 0 Å². The summed E-state index contributed by atoms with van der Waals surface area (Å²) in [5.41, 5.74) is 2.09. The lowest BCUT2D eigenvalue weighted by atomic mass is 10.2. The maximum atomic E-state index is 4.46. The molecule has 0 amide bonds. The highest BCUT2D eigenvalue weighted by molar-refractivity contribution is 5.01. The number of aromatic nitrogens is 2. The van der Waals surface area contributed by atoms with E-state index in [1.807, 2.05) is 19.3 Å². The van der Waals surface area contributed by atoms with Gasteiger partial charge in [0.05, 0.1) is 11.4 Å². The van der Waals surface area contributed by atoms with E-state index in [4.69, 9.17) is 0 Å². The second kappa shape index (κ2) is 5.33. The Bertz CT molecular complexity index is 385. The third-order valence-corrected chi connectivity index (χ3v) is 3.92. The minimum Gasteiger partial charge on any atom is -0.312 e. The highest BCUT2D eigenvalue weighted by atomic mass is 15.2. The van der Waals surface area contributed by atoms with Crippen molar-refractivity contribution >= 4 is 0 Å². The van der Waals surface area contributed by atoms with Crippen molar-refractivity contribution in [3.05, 3.63) is 23.8 Å². The Morgan fingerprint density at radius 1 is 1.33 bits per heavy atom. The molecule has 1 aromatic heterocycles. The topological polar surface area (TPSA) is 41.1 Å². The molecule has 18 heavy (non-hydrogen) atoms. The van der Waals surface area contributed by atoms with Gasteiger partial charge in [-0.3, -0.25) is 14.9 Å². The first-order valence-corrected chi connectivity index (χ1v) is 7.04. The number of rotatable bonds is 3. The van der Waals surface area contributed by atoms with Crippen LogP contribution in [-0.2, 0) is 6.54 Å². The summed E-state index contributed by atoms with van der Waals surface area (Å²) < 4.78 is 0. The summed E-state index contributed by atoms with van der Waals surface area (Å²) in [7, 11) is 0.